The number of nitrogens with one attached hydrogen (secondary N) is 1. The summed E-state index contributed by atoms with van der Waals surface area (Å²) in [5, 5.41) is 3.91. The lowest BCUT2D eigenvalue weighted by molar-refractivity contribution is -0.140. The summed E-state index contributed by atoms with van der Waals surface area (Å²) in [6.07, 6.45) is 1.95. The molecule has 1 N–H and O–H groups in total. The van der Waals surface area contributed by atoms with Gasteiger partial charge in [0.05, 0.1) is 22.0 Å². The molecule has 40 heavy (non-hydrogen) atoms. The van der Waals surface area contributed by atoms with Gasteiger partial charge in [-0.2, -0.15) is 0 Å². The van der Waals surface area contributed by atoms with Crippen LogP contribution in [-0.2, 0) is 32.6 Å². The zero-order chi connectivity index (χ0) is 29.4. The number of nitrogens with zero attached hydrogens (tertiary/aromatic N) is 2. The van der Waals surface area contributed by atoms with Crippen LogP contribution in [0, 0.1) is 6.92 Å². The molecule has 3 aromatic rings. The number of sulfonamides is 1. The lowest BCUT2D eigenvalue weighted by Gasteiger charge is -2.33. The van der Waals surface area contributed by atoms with Crippen molar-refractivity contribution in [3.05, 3.63) is 98.5 Å². The number of hydrogen-bond acceptors (Lipinski definition) is 4. The second kappa shape index (κ2) is 14.2. The summed E-state index contributed by atoms with van der Waals surface area (Å²) in [4.78, 5) is 28.9. The molecule has 3 aromatic carbocycles. The van der Waals surface area contributed by atoms with Crippen molar-refractivity contribution >= 4 is 62.3 Å². The van der Waals surface area contributed by atoms with E-state index in [-0.39, 0.29) is 24.6 Å². The first-order valence-corrected chi connectivity index (χ1v) is 15.7. The Morgan fingerprint density at radius 3 is 2.20 bits per heavy atom. The van der Waals surface area contributed by atoms with Gasteiger partial charge in [-0.3, -0.25) is 13.9 Å². The molecule has 2 amide bonds. The molecule has 0 spiro atoms. The minimum Gasteiger partial charge on any atom is -0.354 e. The monoisotopic (exact) mass is 623 g/mol. The van der Waals surface area contributed by atoms with Crippen molar-refractivity contribution in [1.82, 2.24) is 10.2 Å². The molecule has 1 atom stereocenters. The maximum absolute atomic E-state index is 14.0. The Kier molecular flexibility index (Phi) is 11.3. The van der Waals surface area contributed by atoms with E-state index in [2.05, 4.69) is 5.32 Å². The largest absolute Gasteiger partial charge is 0.354 e. The molecule has 0 saturated heterocycles. The topological polar surface area (TPSA) is 86.8 Å². The molecule has 7 nitrogen and oxygen atoms in total. The second-order valence-corrected chi connectivity index (χ2v) is 12.6. The minimum absolute atomic E-state index is 0.000969. The van der Waals surface area contributed by atoms with Crippen molar-refractivity contribution in [3.63, 3.8) is 0 Å². The summed E-state index contributed by atoms with van der Waals surface area (Å²) >= 11 is 18.6. The molecular formula is C29H32Cl3N3O4S. The molecule has 0 bridgehead atoms. The fraction of sp³-hybridized carbons (Fsp3) is 0.310. The summed E-state index contributed by atoms with van der Waals surface area (Å²) in [5.74, 6) is -0.913. The predicted octanol–water partition coefficient (Wildman–Crippen LogP) is 5.89. The number of rotatable bonds is 12. The molecular weight excluding hydrogens is 593 g/mol. The number of carbonyl (C=O) groups excluding carboxylic acids is 2. The highest BCUT2D eigenvalue weighted by atomic mass is 35.5. The van der Waals surface area contributed by atoms with Gasteiger partial charge in [-0.05, 0) is 54.3 Å². The highest BCUT2D eigenvalue weighted by Crippen LogP contribution is 2.27. The van der Waals surface area contributed by atoms with Crippen LogP contribution < -0.4 is 9.62 Å². The fourth-order valence-electron chi connectivity index (χ4n) is 4.11. The van der Waals surface area contributed by atoms with E-state index in [9.17, 15) is 18.0 Å². The number of anilines is 1. The van der Waals surface area contributed by atoms with Crippen LogP contribution in [0.4, 0.5) is 5.69 Å². The molecule has 0 aliphatic heterocycles. The lowest BCUT2D eigenvalue weighted by Crippen LogP contribution is -2.53. The number of amides is 2. The SMILES string of the molecule is CCCNC(=O)C(Cc1ccccc1)N(Cc1ccc(Cl)c(Cl)c1)C(=O)CN(c1ccc(C)c(Cl)c1)S(C)(=O)=O. The van der Waals surface area contributed by atoms with Crippen LogP contribution in [0.2, 0.25) is 15.1 Å². The second-order valence-electron chi connectivity index (χ2n) is 9.47. The summed E-state index contributed by atoms with van der Waals surface area (Å²) in [6, 6.07) is 18.1. The first-order valence-electron chi connectivity index (χ1n) is 12.7. The minimum atomic E-state index is -3.89. The van der Waals surface area contributed by atoms with Crippen molar-refractivity contribution in [2.75, 3.05) is 23.7 Å². The third-order valence-electron chi connectivity index (χ3n) is 6.28. The normalized spacial score (nSPS) is 12.1. The number of aryl methyl sites for hydroxylation is 1. The zero-order valence-corrected chi connectivity index (χ0v) is 25.6. The van der Waals surface area contributed by atoms with Crippen molar-refractivity contribution in [1.29, 1.82) is 0 Å². The fourth-order valence-corrected chi connectivity index (χ4v) is 5.44. The Morgan fingerprint density at radius 1 is 0.900 bits per heavy atom. The Morgan fingerprint density at radius 2 is 1.60 bits per heavy atom. The van der Waals surface area contributed by atoms with E-state index in [0.717, 1.165) is 21.7 Å². The van der Waals surface area contributed by atoms with Gasteiger partial charge in [0.25, 0.3) is 0 Å². The van der Waals surface area contributed by atoms with Gasteiger partial charge >= 0.3 is 0 Å². The molecule has 0 fully saturated rings. The predicted molar refractivity (Wildman–Crippen MR) is 163 cm³/mol. The average Bonchev–Trinajstić information content (AvgIpc) is 2.91. The molecule has 0 saturated carbocycles. The molecule has 0 radical (unpaired) electrons. The first kappa shape index (κ1) is 31.7. The highest BCUT2D eigenvalue weighted by molar-refractivity contribution is 7.92. The van der Waals surface area contributed by atoms with Crippen LogP contribution in [0.15, 0.2) is 66.7 Å². The van der Waals surface area contributed by atoms with Crippen LogP contribution in [0.1, 0.15) is 30.0 Å². The van der Waals surface area contributed by atoms with Crippen molar-refractivity contribution in [3.8, 4) is 0 Å². The number of hydrogen-bond donors (Lipinski definition) is 1. The molecule has 1 unspecified atom stereocenters. The van der Waals surface area contributed by atoms with E-state index in [4.69, 9.17) is 34.8 Å². The third-order valence-corrected chi connectivity index (χ3v) is 8.57. The van der Waals surface area contributed by atoms with Gasteiger partial charge in [-0.25, -0.2) is 8.42 Å². The van der Waals surface area contributed by atoms with Crippen LogP contribution in [0.25, 0.3) is 0 Å². The Hall–Kier alpha value is -2.78. The number of benzene rings is 3. The average molecular weight is 625 g/mol. The van der Waals surface area contributed by atoms with Gasteiger partial charge in [-0.15, -0.1) is 0 Å². The first-order chi connectivity index (χ1) is 18.9. The summed E-state index contributed by atoms with van der Waals surface area (Å²) in [7, 11) is -3.89. The van der Waals surface area contributed by atoms with Gasteiger partial charge in [0, 0.05) is 24.5 Å². The van der Waals surface area contributed by atoms with Crippen molar-refractivity contribution in [2.45, 2.75) is 39.3 Å². The van der Waals surface area contributed by atoms with Crippen molar-refractivity contribution in [2.24, 2.45) is 0 Å². The molecule has 0 aromatic heterocycles. The number of halogens is 3. The molecule has 214 valence electrons. The van der Waals surface area contributed by atoms with Crippen LogP contribution >= 0.6 is 34.8 Å². The smallest absolute Gasteiger partial charge is 0.244 e. The van der Waals surface area contributed by atoms with Crippen LogP contribution in [-0.4, -0.2) is 50.5 Å². The molecule has 11 heteroatoms. The molecule has 3 rings (SSSR count). The lowest BCUT2D eigenvalue weighted by atomic mass is 10.0. The summed E-state index contributed by atoms with van der Waals surface area (Å²) < 4.78 is 26.7. The van der Waals surface area contributed by atoms with Crippen LogP contribution in [0.3, 0.4) is 0 Å². The molecule has 0 aliphatic carbocycles. The molecule has 0 heterocycles. The Labute approximate surface area is 251 Å². The third kappa shape index (κ3) is 8.61. The summed E-state index contributed by atoms with van der Waals surface area (Å²) in [5.41, 5.74) is 2.49. The van der Waals surface area contributed by atoms with E-state index >= 15 is 0 Å². The van der Waals surface area contributed by atoms with Crippen LogP contribution in [0.5, 0.6) is 0 Å². The van der Waals surface area contributed by atoms with E-state index in [0.29, 0.717) is 33.6 Å². The van der Waals surface area contributed by atoms with Gasteiger partial charge in [0.15, 0.2) is 0 Å². The maximum atomic E-state index is 14.0. The van der Waals surface area contributed by atoms with E-state index in [1.54, 1.807) is 37.3 Å². The van der Waals surface area contributed by atoms with Crippen molar-refractivity contribution < 1.29 is 18.0 Å². The van der Waals surface area contributed by atoms with Gasteiger partial charge in [0.2, 0.25) is 21.8 Å². The summed E-state index contributed by atoms with van der Waals surface area (Å²) in [6.45, 7) is 3.62. The molecule has 0 aliphatic rings. The maximum Gasteiger partial charge on any atom is 0.244 e. The standard InChI is InChI=1S/C29H32Cl3N3O4S/c1-4-14-33-29(37)27(16-21-8-6-5-7-9-21)34(18-22-11-13-24(30)26(32)15-22)28(36)19-35(40(3,38)39)23-12-10-20(2)25(31)17-23/h5-13,15,17,27H,4,14,16,18-19H2,1-3H3,(H,33,37). The van der Waals surface area contributed by atoms with E-state index in [1.165, 1.54) is 11.0 Å². The number of carbonyl (C=O) groups is 2. The Balaban J connectivity index is 2.07. The van der Waals surface area contributed by atoms with E-state index < -0.39 is 28.5 Å². The van der Waals surface area contributed by atoms with Gasteiger partial charge < -0.3 is 10.2 Å². The zero-order valence-electron chi connectivity index (χ0n) is 22.5. The van der Waals surface area contributed by atoms with Gasteiger partial charge in [0.1, 0.15) is 12.6 Å². The Bertz CT molecular complexity index is 1450. The van der Waals surface area contributed by atoms with Gasteiger partial charge in [-0.1, -0.05) is 84.2 Å². The quantitative estimate of drug-likeness (QED) is 0.272. The highest BCUT2D eigenvalue weighted by Gasteiger charge is 2.33. The van der Waals surface area contributed by atoms with E-state index in [1.807, 2.05) is 37.3 Å².